The molecule has 1 atom stereocenters. The maximum Gasteiger partial charge on any atom is 0.166 e. The lowest BCUT2D eigenvalue weighted by Crippen LogP contribution is -2.36. The molecule has 0 saturated carbocycles. The maximum atomic E-state index is 10.1. The zero-order valence-corrected chi connectivity index (χ0v) is 11.5. The lowest BCUT2D eigenvalue weighted by molar-refractivity contribution is 0.0282. The van der Waals surface area contributed by atoms with Crippen molar-refractivity contribution >= 4 is 39.2 Å². The monoisotopic (exact) mass is 285 g/mol. The molecule has 0 amide bonds. The second-order valence-corrected chi connectivity index (χ2v) is 4.89. The Bertz CT molecular complexity index is 538. The number of halogens is 2. The molecule has 4 nitrogen and oxygen atoms in total. The molecule has 0 radical (unpaired) electrons. The first-order valence-corrected chi connectivity index (χ1v) is 6.19. The van der Waals surface area contributed by atoms with Crippen molar-refractivity contribution < 1.29 is 5.11 Å². The number of aliphatic imine (C=N–C) groups is 2. The van der Waals surface area contributed by atoms with E-state index in [1.54, 1.807) is 26.1 Å². The van der Waals surface area contributed by atoms with Crippen molar-refractivity contribution in [2.45, 2.75) is 19.2 Å². The van der Waals surface area contributed by atoms with Gasteiger partial charge in [-0.1, -0.05) is 29.3 Å². The van der Waals surface area contributed by atoms with Gasteiger partial charge in [0.2, 0.25) is 0 Å². The Morgan fingerprint density at radius 3 is 2.72 bits per heavy atom. The molecule has 1 aromatic rings. The van der Waals surface area contributed by atoms with Crippen molar-refractivity contribution in [2.75, 3.05) is 7.05 Å². The fourth-order valence-electron chi connectivity index (χ4n) is 1.64. The van der Waals surface area contributed by atoms with E-state index in [4.69, 9.17) is 23.2 Å². The number of hydrogen-bond acceptors (Lipinski definition) is 4. The highest BCUT2D eigenvalue weighted by atomic mass is 35.5. The van der Waals surface area contributed by atoms with E-state index >= 15 is 0 Å². The third-order valence-corrected chi connectivity index (χ3v) is 3.56. The molecule has 1 aromatic carbocycles. The average molecular weight is 286 g/mol. The van der Waals surface area contributed by atoms with Crippen LogP contribution < -0.4 is 5.32 Å². The molecule has 1 unspecified atom stereocenters. The minimum Gasteiger partial charge on any atom is -0.372 e. The number of fused-ring (bicyclic) bond motifs is 1. The van der Waals surface area contributed by atoms with Crippen LogP contribution in [0.4, 0.5) is 5.69 Å². The van der Waals surface area contributed by atoms with E-state index in [-0.39, 0.29) is 10.3 Å². The van der Waals surface area contributed by atoms with Gasteiger partial charge in [-0.05, 0) is 37.2 Å². The predicted molar refractivity (Wildman–Crippen MR) is 75.0 cm³/mol. The van der Waals surface area contributed by atoms with Crippen LogP contribution >= 0.6 is 23.2 Å². The molecule has 0 aromatic heterocycles. The predicted octanol–water partition coefficient (Wildman–Crippen LogP) is 2.49. The Labute approximate surface area is 115 Å². The molecule has 2 N–H and O–H groups in total. The van der Waals surface area contributed by atoms with E-state index in [1.165, 1.54) is 0 Å². The van der Waals surface area contributed by atoms with Gasteiger partial charge in [0.25, 0.3) is 0 Å². The zero-order chi connectivity index (χ0) is 13.3. The standard InChI is InChI=1S/C12H13Cl2N3O/c1-12(18,15-2)8-3-4-9-7(5-8)6-16-10(13)11(14)17-9/h3-5,15,18H,6H2,1-2H3. The Morgan fingerprint density at radius 1 is 1.33 bits per heavy atom. The van der Waals surface area contributed by atoms with Gasteiger partial charge in [-0.25, -0.2) is 4.99 Å². The molecular formula is C12H13Cl2N3O. The van der Waals surface area contributed by atoms with Gasteiger partial charge in [-0.15, -0.1) is 0 Å². The van der Waals surface area contributed by atoms with Crippen LogP contribution in [-0.2, 0) is 12.3 Å². The lowest BCUT2D eigenvalue weighted by Gasteiger charge is -2.23. The molecule has 0 fully saturated rings. The topological polar surface area (TPSA) is 57.0 Å². The smallest absolute Gasteiger partial charge is 0.166 e. The van der Waals surface area contributed by atoms with Crippen molar-refractivity contribution in [2.24, 2.45) is 9.98 Å². The second kappa shape index (κ2) is 4.97. The van der Waals surface area contributed by atoms with E-state index in [1.807, 2.05) is 6.07 Å². The molecule has 0 spiro atoms. The van der Waals surface area contributed by atoms with Gasteiger partial charge in [-0.3, -0.25) is 10.3 Å². The van der Waals surface area contributed by atoms with Crippen molar-refractivity contribution in [1.29, 1.82) is 0 Å². The zero-order valence-electron chi connectivity index (χ0n) is 10.0. The van der Waals surface area contributed by atoms with Gasteiger partial charge in [0.1, 0.15) is 5.72 Å². The fourth-order valence-corrected chi connectivity index (χ4v) is 1.89. The van der Waals surface area contributed by atoms with Gasteiger partial charge in [-0.2, -0.15) is 0 Å². The Morgan fingerprint density at radius 2 is 2.06 bits per heavy atom. The quantitative estimate of drug-likeness (QED) is 0.821. The molecule has 1 heterocycles. The van der Waals surface area contributed by atoms with Crippen LogP contribution in [0.1, 0.15) is 18.1 Å². The van der Waals surface area contributed by atoms with Crippen LogP contribution in [0.15, 0.2) is 28.2 Å². The summed E-state index contributed by atoms with van der Waals surface area (Å²) in [5.74, 6) is 0. The van der Waals surface area contributed by atoms with Crippen LogP contribution in [-0.4, -0.2) is 22.5 Å². The highest BCUT2D eigenvalue weighted by Gasteiger charge is 2.22. The highest BCUT2D eigenvalue weighted by Crippen LogP contribution is 2.28. The minimum absolute atomic E-state index is 0.184. The molecule has 96 valence electrons. The number of nitrogens with one attached hydrogen (secondary N) is 1. The Hall–Kier alpha value is -0.940. The summed E-state index contributed by atoms with van der Waals surface area (Å²) in [7, 11) is 1.69. The summed E-state index contributed by atoms with van der Waals surface area (Å²) in [4.78, 5) is 8.30. The van der Waals surface area contributed by atoms with E-state index < -0.39 is 5.72 Å². The normalized spacial score (nSPS) is 18.3. The largest absolute Gasteiger partial charge is 0.372 e. The number of rotatable bonds is 2. The van der Waals surface area contributed by atoms with E-state index in [0.29, 0.717) is 6.54 Å². The third-order valence-electron chi connectivity index (χ3n) is 2.91. The second-order valence-electron chi connectivity index (χ2n) is 4.18. The van der Waals surface area contributed by atoms with Gasteiger partial charge < -0.3 is 5.11 Å². The molecular weight excluding hydrogens is 273 g/mol. The summed E-state index contributed by atoms with van der Waals surface area (Å²) in [6.45, 7) is 2.07. The SMILES string of the molecule is CNC(C)(O)c1ccc2c(c1)CN=C(Cl)C(Cl)=N2. The summed E-state index contributed by atoms with van der Waals surface area (Å²) in [6.07, 6.45) is 0. The first-order valence-electron chi connectivity index (χ1n) is 5.43. The van der Waals surface area contributed by atoms with Crippen LogP contribution in [0, 0.1) is 0 Å². The minimum atomic E-state index is -1.09. The number of aliphatic hydroxyl groups is 1. The summed E-state index contributed by atoms with van der Waals surface area (Å²) < 4.78 is 0. The van der Waals surface area contributed by atoms with E-state index in [2.05, 4.69) is 15.3 Å². The third kappa shape index (κ3) is 2.57. The Kier molecular flexibility index (Phi) is 3.73. The van der Waals surface area contributed by atoms with E-state index in [9.17, 15) is 5.11 Å². The molecule has 0 aliphatic carbocycles. The van der Waals surface area contributed by atoms with Crippen LogP contribution in [0.2, 0.25) is 0 Å². The van der Waals surface area contributed by atoms with Gasteiger partial charge in [0.05, 0.1) is 12.2 Å². The highest BCUT2D eigenvalue weighted by molar-refractivity contribution is 7.00. The molecule has 18 heavy (non-hydrogen) atoms. The summed E-state index contributed by atoms with van der Waals surface area (Å²) in [5.41, 5.74) is 1.23. The summed E-state index contributed by atoms with van der Waals surface area (Å²) >= 11 is 11.7. The molecule has 2 rings (SSSR count). The average Bonchev–Trinajstić information content (AvgIpc) is 2.49. The molecule has 6 heteroatoms. The van der Waals surface area contributed by atoms with Crippen LogP contribution in [0.25, 0.3) is 0 Å². The van der Waals surface area contributed by atoms with Crippen molar-refractivity contribution in [3.8, 4) is 0 Å². The van der Waals surface area contributed by atoms with Crippen LogP contribution in [0.3, 0.4) is 0 Å². The number of benzene rings is 1. The lowest BCUT2D eigenvalue weighted by atomic mass is 10.0. The van der Waals surface area contributed by atoms with E-state index in [0.717, 1.165) is 16.8 Å². The van der Waals surface area contributed by atoms with Crippen molar-refractivity contribution in [3.05, 3.63) is 29.3 Å². The van der Waals surface area contributed by atoms with Gasteiger partial charge in [0, 0.05) is 0 Å². The molecule has 1 aliphatic heterocycles. The number of hydrogen-bond donors (Lipinski definition) is 2. The van der Waals surface area contributed by atoms with Gasteiger partial charge >= 0.3 is 0 Å². The Balaban J connectivity index is 2.47. The van der Waals surface area contributed by atoms with Crippen molar-refractivity contribution in [1.82, 2.24) is 5.32 Å². The maximum absolute atomic E-state index is 10.1. The number of nitrogens with zero attached hydrogens (tertiary/aromatic N) is 2. The molecule has 1 aliphatic rings. The van der Waals surface area contributed by atoms with Crippen molar-refractivity contribution in [3.63, 3.8) is 0 Å². The first-order chi connectivity index (χ1) is 8.44. The molecule has 0 saturated heterocycles. The summed E-state index contributed by atoms with van der Waals surface area (Å²) in [5, 5.41) is 13.4. The fraction of sp³-hybridized carbons (Fsp3) is 0.333. The van der Waals surface area contributed by atoms with Gasteiger partial charge in [0.15, 0.2) is 10.3 Å². The molecule has 0 bridgehead atoms. The first kappa shape index (κ1) is 13.5. The van der Waals surface area contributed by atoms with Crippen LogP contribution in [0.5, 0.6) is 0 Å². The summed E-state index contributed by atoms with van der Waals surface area (Å²) in [6, 6.07) is 5.44.